The highest BCUT2D eigenvalue weighted by Gasteiger charge is 2.21. The van der Waals surface area contributed by atoms with Crippen LogP contribution in [-0.2, 0) is 0 Å². The molecule has 5 nitrogen and oxygen atoms in total. The molecular formula is C20H14FN3O2S. The van der Waals surface area contributed by atoms with Crippen molar-refractivity contribution in [2.45, 2.75) is 6.04 Å². The van der Waals surface area contributed by atoms with Crippen LogP contribution in [0.5, 0.6) is 0 Å². The summed E-state index contributed by atoms with van der Waals surface area (Å²) in [5.41, 5.74) is 0.533. The highest BCUT2D eigenvalue weighted by molar-refractivity contribution is 7.10. The van der Waals surface area contributed by atoms with E-state index in [0.29, 0.717) is 10.8 Å². The molecule has 134 valence electrons. The van der Waals surface area contributed by atoms with Crippen LogP contribution >= 0.6 is 11.3 Å². The average molecular weight is 379 g/mol. The molecule has 2 N–H and O–H groups in total. The molecule has 0 unspecified atom stereocenters. The third-order valence-electron chi connectivity index (χ3n) is 4.22. The normalized spacial score (nSPS) is 12.0. The lowest BCUT2D eigenvalue weighted by Crippen LogP contribution is -2.30. The number of amides is 1. The quantitative estimate of drug-likeness (QED) is 0.568. The number of aromatic amines is 1. The van der Waals surface area contributed by atoms with Gasteiger partial charge in [-0.3, -0.25) is 9.59 Å². The molecule has 0 spiro atoms. The van der Waals surface area contributed by atoms with Gasteiger partial charge in [0.2, 0.25) is 0 Å². The van der Waals surface area contributed by atoms with Gasteiger partial charge in [0.1, 0.15) is 5.82 Å². The molecular weight excluding hydrogens is 365 g/mol. The molecule has 1 amide bonds. The first-order chi connectivity index (χ1) is 13.1. The second kappa shape index (κ2) is 7.13. The molecule has 0 saturated heterocycles. The van der Waals surface area contributed by atoms with Crippen molar-refractivity contribution in [1.82, 2.24) is 15.5 Å². The fourth-order valence-electron chi connectivity index (χ4n) is 2.92. The Bertz CT molecular complexity index is 1150. The number of hydrogen-bond donors (Lipinski definition) is 2. The first-order valence-electron chi connectivity index (χ1n) is 8.20. The Morgan fingerprint density at radius 2 is 1.78 bits per heavy atom. The molecule has 2 aromatic heterocycles. The summed E-state index contributed by atoms with van der Waals surface area (Å²) < 4.78 is 13.3. The molecule has 2 heterocycles. The minimum absolute atomic E-state index is 0.133. The maximum atomic E-state index is 13.3. The lowest BCUT2D eigenvalue weighted by Gasteiger charge is -2.18. The highest BCUT2D eigenvalue weighted by Crippen LogP contribution is 2.27. The standard InChI is InChI=1S/C20H14FN3O2S/c21-13-9-7-12(8-10-13)17(16-6-3-11-27-16)22-20(26)18-14-4-1-2-5-15(14)19(25)24-23-18/h1-11,17H,(H,22,26)(H,24,25)/t17-/m0/s1. The molecule has 4 rings (SSSR count). The summed E-state index contributed by atoms with van der Waals surface area (Å²) in [6, 6.07) is 16.1. The van der Waals surface area contributed by atoms with E-state index < -0.39 is 11.9 Å². The van der Waals surface area contributed by atoms with E-state index in [4.69, 9.17) is 0 Å². The molecule has 4 aromatic rings. The van der Waals surface area contributed by atoms with E-state index in [2.05, 4.69) is 15.5 Å². The summed E-state index contributed by atoms with van der Waals surface area (Å²) in [6.07, 6.45) is 0. The summed E-state index contributed by atoms with van der Waals surface area (Å²) in [5.74, 6) is -0.770. The molecule has 0 aliphatic heterocycles. The molecule has 0 saturated carbocycles. The molecule has 7 heteroatoms. The number of nitrogens with zero attached hydrogens (tertiary/aromatic N) is 1. The zero-order chi connectivity index (χ0) is 18.8. The number of hydrogen-bond acceptors (Lipinski definition) is 4. The van der Waals surface area contributed by atoms with Crippen molar-refractivity contribution in [3.63, 3.8) is 0 Å². The number of H-pyrrole nitrogens is 1. The third kappa shape index (κ3) is 3.37. The number of thiophene rings is 1. The van der Waals surface area contributed by atoms with E-state index in [0.717, 1.165) is 10.4 Å². The van der Waals surface area contributed by atoms with Gasteiger partial charge in [0.25, 0.3) is 11.5 Å². The van der Waals surface area contributed by atoms with E-state index in [1.54, 1.807) is 36.4 Å². The Labute approximate surface area is 157 Å². The number of rotatable bonds is 4. The molecule has 0 radical (unpaired) electrons. The number of aromatic nitrogens is 2. The van der Waals surface area contributed by atoms with Crippen molar-refractivity contribution in [1.29, 1.82) is 0 Å². The predicted octanol–water partition coefficient (Wildman–Crippen LogP) is 3.64. The number of nitrogens with one attached hydrogen (secondary N) is 2. The number of carbonyl (C=O) groups is 1. The van der Waals surface area contributed by atoms with Crippen LogP contribution in [0.4, 0.5) is 4.39 Å². The Balaban J connectivity index is 1.74. The van der Waals surface area contributed by atoms with Gasteiger partial charge >= 0.3 is 0 Å². The van der Waals surface area contributed by atoms with Crippen LogP contribution in [-0.4, -0.2) is 16.1 Å². The van der Waals surface area contributed by atoms with Crippen molar-refractivity contribution in [2.24, 2.45) is 0 Å². The lowest BCUT2D eigenvalue weighted by atomic mass is 10.0. The predicted molar refractivity (Wildman–Crippen MR) is 102 cm³/mol. The second-order valence-corrected chi connectivity index (χ2v) is 6.90. The van der Waals surface area contributed by atoms with Crippen LogP contribution in [0, 0.1) is 5.82 Å². The van der Waals surface area contributed by atoms with Gasteiger partial charge < -0.3 is 5.32 Å². The molecule has 1 atom stereocenters. The Morgan fingerprint density at radius 1 is 1.04 bits per heavy atom. The molecule has 0 fully saturated rings. The third-order valence-corrected chi connectivity index (χ3v) is 5.15. The van der Waals surface area contributed by atoms with E-state index in [1.165, 1.54) is 23.5 Å². The first kappa shape index (κ1) is 17.1. The van der Waals surface area contributed by atoms with Crippen molar-refractivity contribution >= 4 is 28.0 Å². The SMILES string of the molecule is O=C(N[C@@H](c1ccc(F)cc1)c1cccs1)c1n[nH]c(=O)c2ccccc12. The van der Waals surface area contributed by atoms with Gasteiger partial charge in [-0.1, -0.05) is 36.4 Å². The van der Waals surface area contributed by atoms with Crippen molar-refractivity contribution in [3.8, 4) is 0 Å². The van der Waals surface area contributed by atoms with E-state index in [1.807, 2.05) is 17.5 Å². The van der Waals surface area contributed by atoms with Gasteiger partial charge in [0.05, 0.1) is 11.4 Å². The van der Waals surface area contributed by atoms with Crippen molar-refractivity contribution in [3.05, 3.63) is 98.3 Å². The maximum Gasteiger partial charge on any atom is 0.273 e. The minimum Gasteiger partial charge on any atom is -0.339 e. The Morgan fingerprint density at radius 3 is 2.48 bits per heavy atom. The summed E-state index contributed by atoms with van der Waals surface area (Å²) in [6.45, 7) is 0. The highest BCUT2D eigenvalue weighted by atomic mass is 32.1. The fourth-order valence-corrected chi connectivity index (χ4v) is 3.72. The average Bonchev–Trinajstić information content (AvgIpc) is 3.22. The molecule has 0 aliphatic carbocycles. The minimum atomic E-state index is -0.453. The maximum absolute atomic E-state index is 13.3. The van der Waals surface area contributed by atoms with Gasteiger partial charge in [-0.2, -0.15) is 5.10 Å². The topological polar surface area (TPSA) is 74.8 Å². The Hall–Kier alpha value is -3.32. The number of carbonyl (C=O) groups excluding carboxylic acids is 1. The summed E-state index contributed by atoms with van der Waals surface area (Å²) in [5, 5.41) is 12.0. The van der Waals surface area contributed by atoms with Gasteiger partial charge in [-0.05, 0) is 35.2 Å². The van der Waals surface area contributed by atoms with Gasteiger partial charge in [0.15, 0.2) is 5.69 Å². The smallest absolute Gasteiger partial charge is 0.273 e. The van der Waals surface area contributed by atoms with Crippen LogP contribution in [0.1, 0.15) is 27.0 Å². The molecule has 2 aromatic carbocycles. The summed E-state index contributed by atoms with van der Waals surface area (Å²) in [4.78, 5) is 25.8. The largest absolute Gasteiger partial charge is 0.339 e. The lowest BCUT2D eigenvalue weighted by molar-refractivity contribution is 0.0939. The van der Waals surface area contributed by atoms with E-state index >= 15 is 0 Å². The van der Waals surface area contributed by atoms with E-state index in [-0.39, 0.29) is 17.1 Å². The van der Waals surface area contributed by atoms with Crippen molar-refractivity contribution in [2.75, 3.05) is 0 Å². The zero-order valence-electron chi connectivity index (χ0n) is 14.0. The van der Waals surface area contributed by atoms with Crippen LogP contribution in [0.25, 0.3) is 10.8 Å². The summed E-state index contributed by atoms with van der Waals surface area (Å²) >= 11 is 1.49. The van der Waals surface area contributed by atoms with Crippen molar-refractivity contribution < 1.29 is 9.18 Å². The van der Waals surface area contributed by atoms with E-state index in [9.17, 15) is 14.0 Å². The fraction of sp³-hybridized carbons (Fsp3) is 0.0500. The molecule has 0 bridgehead atoms. The van der Waals surface area contributed by atoms with Crippen LogP contribution < -0.4 is 10.9 Å². The Kier molecular flexibility index (Phi) is 4.52. The van der Waals surface area contributed by atoms with Crippen LogP contribution in [0.2, 0.25) is 0 Å². The van der Waals surface area contributed by atoms with Crippen LogP contribution in [0.15, 0.2) is 70.8 Å². The van der Waals surface area contributed by atoms with Gasteiger partial charge in [-0.15, -0.1) is 11.3 Å². The number of benzene rings is 2. The van der Waals surface area contributed by atoms with Gasteiger partial charge in [0, 0.05) is 10.3 Å². The molecule has 27 heavy (non-hydrogen) atoms. The van der Waals surface area contributed by atoms with Gasteiger partial charge in [-0.25, -0.2) is 9.49 Å². The number of halogens is 1. The second-order valence-electron chi connectivity index (χ2n) is 5.92. The number of fused-ring (bicyclic) bond motifs is 1. The monoisotopic (exact) mass is 379 g/mol. The zero-order valence-corrected chi connectivity index (χ0v) is 14.8. The molecule has 0 aliphatic rings. The van der Waals surface area contributed by atoms with Crippen LogP contribution in [0.3, 0.4) is 0 Å². The first-order valence-corrected chi connectivity index (χ1v) is 9.08. The summed E-state index contributed by atoms with van der Waals surface area (Å²) in [7, 11) is 0.